The third kappa shape index (κ3) is 1.73. The minimum atomic E-state index is -0.201. The van der Waals surface area contributed by atoms with Crippen LogP contribution in [0.2, 0.25) is 0 Å². The Morgan fingerprint density at radius 1 is 1.11 bits per heavy atom. The molecule has 0 aliphatic heterocycles. The first-order valence-electron chi connectivity index (χ1n) is 5.41. The van der Waals surface area contributed by atoms with Crippen LogP contribution in [0, 0.1) is 0 Å². The van der Waals surface area contributed by atoms with Crippen molar-refractivity contribution in [1.29, 1.82) is 0 Å². The molecule has 3 aromatic rings. The number of pyridine rings is 1. The van der Waals surface area contributed by atoms with Crippen LogP contribution in [0.25, 0.3) is 11.0 Å². The van der Waals surface area contributed by atoms with Gasteiger partial charge in [-0.05, 0) is 30.3 Å². The van der Waals surface area contributed by atoms with Gasteiger partial charge in [-0.2, -0.15) is 0 Å². The lowest BCUT2D eigenvalue weighted by Crippen LogP contribution is -1.98. The van der Waals surface area contributed by atoms with Crippen LogP contribution in [0.15, 0.2) is 53.2 Å². The van der Waals surface area contributed by atoms with Gasteiger partial charge in [0, 0.05) is 29.4 Å². The third-order valence-electron chi connectivity index (χ3n) is 2.67. The molecule has 0 saturated carbocycles. The summed E-state index contributed by atoms with van der Waals surface area (Å²) in [7, 11) is 0. The second kappa shape index (κ2) is 4.00. The Kier molecular flexibility index (Phi) is 2.34. The van der Waals surface area contributed by atoms with E-state index in [2.05, 4.69) is 4.98 Å². The molecule has 0 radical (unpaired) electrons. The summed E-state index contributed by atoms with van der Waals surface area (Å²) in [5, 5.41) is 10.1. The van der Waals surface area contributed by atoms with Crippen LogP contribution >= 0.6 is 0 Å². The molecule has 1 N–H and O–H groups in total. The molecule has 0 aliphatic rings. The van der Waals surface area contributed by atoms with Crippen LogP contribution in [0.1, 0.15) is 16.1 Å². The van der Waals surface area contributed by atoms with E-state index in [-0.39, 0.29) is 17.3 Å². The zero-order chi connectivity index (χ0) is 12.5. The Bertz CT molecular complexity index is 716. The van der Waals surface area contributed by atoms with Gasteiger partial charge in [0.05, 0.1) is 0 Å². The highest BCUT2D eigenvalue weighted by molar-refractivity contribution is 6.08. The van der Waals surface area contributed by atoms with E-state index in [1.54, 1.807) is 42.7 Å². The quantitative estimate of drug-likeness (QED) is 0.698. The normalized spacial score (nSPS) is 10.7. The fourth-order valence-electron chi connectivity index (χ4n) is 1.78. The molecule has 0 fully saturated rings. The molecule has 0 saturated heterocycles. The maximum absolute atomic E-state index is 12.1. The molecular weight excluding hydrogens is 230 g/mol. The summed E-state index contributed by atoms with van der Waals surface area (Å²) in [5.74, 6) is 0.162. The number of aromatic nitrogens is 1. The van der Waals surface area contributed by atoms with Crippen LogP contribution in [-0.2, 0) is 0 Å². The number of phenols is 1. The van der Waals surface area contributed by atoms with Gasteiger partial charge >= 0.3 is 0 Å². The van der Waals surface area contributed by atoms with Crippen molar-refractivity contribution in [2.75, 3.05) is 0 Å². The van der Waals surface area contributed by atoms with E-state index in [1.165, 1.54) is 6.07 Å². The number of nitrogens with zero attached hydrogens (tertiary/aromatic N) is 1. The Hall–Kier alpha value is -2.62. The molecule has 0 bridgehead atoms. The van der Waals surface area contributed by atoms with Crippen LogP contribution in [0.3, 0.4) is 0 Å². The van der Waals surface area contributed by atoms with Gasteiger partial charge in [0.15, 0.2) is 5.76 Å². The van der Waals surface area contributed by atoms with Gasteiger partial charge < -0.3 is 9.52 Å². The summed E-state index contributed by atoms with van der Waals surface area (Å²) >= 11 is 0. The highest BCUT2D eigenvalue weighted by Gasteiger charge is 2.14. The Morgan fingerprint density at radius 3 is 2.67 bits per heavy atom. The lowest BCUT2D eigenvalue weighted by molar-refractivity contribution is 0.101. The second-order valence-electron chi connectivity index (χ2n) is 3.90. The van der Waals surface area contributed by atoms with E-state index in [9.17, 15) is 9.90 Å². The van der Waals surface area contributed by atoms with Gasteiger partial charge in [0.1, 0.15) is 11.3 Å². The fraction of sp³-hybridized carbons (Fsp3) is 0. The summed E-state index contributed by atoms with van der Waals surface area (Å²) in [6.07, 6.45) is 3.11. The molecule has 0 aliphatic carbocycles. The van der Waals surface area contributed by atoms with Gasteiger partial charge in [-0.1, -0.05) is 0 Å². The first kappa shape index (κ1) is 10.5. The molecule has 2 heterocycles. The van der Waals surface area contributed by atoms with Gasteiger partial charge in [0.25, 0.3) is 0 Å². The van der Waals surface area contributed by atoms with E-state index in [1.807, 2.05) is 0 Å². The predicted molar refractivity (Wildman–Crippen MR) is 65.5 cm³/mol. The number of phenolic OH excluding ortho intramolecular Hbond substituents is 1. The number of hydrogen-bond acceptors (Lipinski definition) is 4. The van der Waals surface area contributed by atoms with Crippen molar-refractivity contribution in [1.82, 2.24) is 4.98 Å². The van der Waals surface area contributed by atoms with Gasteiger partial charge in [-0.3, -0.25) is 9.78 Å². The monoisotopic (exact) mass is 239 g/mol. The number of rotatable bonds is 2. The average molecular weight is 239 g/mol. The first-order valence-corrected chi connectivity index (χ1v) is 5.41. The molecule has 18 heavy (non-hydrogen) atoms. The average Bonchev–Trinajstić information content (AvgIpc) is 2.81. The number of fused-ring (bicyclic) bond motifs is 1. The lowest BCUT2D eigenvalue weighted by Gasteiger charge is -1.95. The number of furan rings is 1. The molecule has 88 valence electrons. The summed E-state index contributed by atoms with van der Waals surface area (Å²) < 4.78 is 5.44. The number of aromatic hydroxyl groups is 1. The number of carbonyl (C=O) groups excluding carboxylic acids is 1. The van der Waals surface area contributed by atoms with Crippen molar-refractivity contribution in [3.05, 3.63) is 60.1 Å². The van der Waals surface area contributed by atoms with Crippen molar-refractivity contribution >= 4 is 16.8 Å². The number of ketones is 1. The molecular formula is C14H9NO3. The Balaban J connectivity index is 2.07. The fourth-order valence-corrected chi connectivity index (χ4v) is 1.78. The summed E-state index contributed by atoms with van der Waals surface area (Å²) in [4.78, 5) is 16.0. The first-order chi connectivity index (χ1) is 8.74. The molecule has 0 spiro atoms. The van der Waals surface area contributed by atoms with Crippen molar-refractivity contribution in [3.63, 3.8) is 0 Å². The van der Waals surface area contributed by atoms with Crippen LogP contribution in [-0.4, -0.2) is 15.9 Å². The predicted octanol–water partition coefficient (Wildman–Crippen LogP) is 2.76. The SMILES string of the molecule is O=C(c1ccncc1)c1cc2ccc(O)cc2o1. The van der Waals surface area contributed by atoms with Crippen molar-refractivity contribution in [2.45, 2.75) is 0 Å². The zero-order valence-electron chi connectivity index (χ0n) is 9.33. The maximum Gasteiger partial charge on any atom is 0.228 e. The third-order valence-corrected chi connectivity index (χ3v) is 2.67. The van der Waals surface area contributed by atoms with E-state index < -0.39 is 0 Å². The highest BCUT2D eigenvalue weighted by Crippen LogP contribution is 2.24. The van der Waals surface area contributed by atoms with Crippen molar-refractivity contribution < 1.29 is 14.3 Å². The Labute approximate surface area is 103 Å². The maximum atomic E-state index is 12.1. The lowest BCUT2D eigenvalue weighted by atomic mass is 10.1. The number of benzene rings is 1. The molecule has 2 aromatic heterocycles. The van der Waals surface area contributed by atoms with Crippen molar-refractivity contribution in [3.8, 4) is 5.75 Å². The van der Waals surface area contributed by atoms with E-state index in [4.69, 9.17) is 4.42 Å². The van der Waals surface area contributed by atoms with Gasteiger partial charge in [-0.25, -0.2) is 0 Å². The second-order valence-corrected chi connectivity index (χ2v) is 3.90. The summed E-state index contributed by atoms with van der Waals surface area (Å²) in [5.41, 5.74) is 1.01. The molecule has 0 unspecified atom stereocenters. The van der Waals surface area contributed by atoms with Crippen LogP contribution in [0.4, 0.5) is 0 Å². The molecule has 1 aromatic carbocycles. The van der Waals surface area contributed by atoms with Crippen molar-refractivity contribution in [2.24, 2.45) is 0 Å². The Morgan fingerprint density at radius 2 is 1.89 bits per heavy atom. The van der Waals surface area contributed by atoms with E-state index >= 15 is 0 Å². The van der Waals surface area contributed by atoms with E-state index in [0.717, 1.165) is 5.39 Å². The summed E-state index contributed by atoms with van der Waals surface area (Å²) in [6, 6.07) is 9.67. The number of carbonyl (C=O) groups is 1. The molecule has 4 nitrogen and oxygen atoms in total. The topological polar surface area (TPSA) is 63.3 Å². The van der Waals surface area contributed by atoms with E-state index in [0.29, 0.717) is 11.1 Å². The molecule has 4 heteroatoms. The van der Waals surface area contributed by atoms with Crippen LogP contribution < -0.4 is 0 Å². The summed E-state index contributed by atoms with van der Waals surface area (Å²) in [6.45, 7) is 0. The minimum absolute atomic E-state index is 0.111. The molecule has 3 rings (SSSR count). The number of hydrogen-bond donors (Lipinski definition) is 1. The smallest absolute Gasteiger partial charge is 0.228 e. The molecule has 0 amide bonds. The minimum Gasteiger partial charge on any atom is -0.508 e. The van der Waals surface area contributed by atoms with Gasteiger partial charge in [0.2, 0.25) is 5.78 Å². The van der Waals surface area contributed by atoms with Crippen LogP contribution in [0.5, 0.6) is 5.75 Å². The standard InChI is InChI=1S/C14H9NO3/c16-11-2-1-10-7-13(18-12(10)8-11)14(17)9-3-5-15-6-4-9/h1-8,16H. The molecule has 0 atom stereocenters. The highest BCUT2D eigenvalue weighted by atomic mass is 16.3. The largest absolute Gasteiger partial charge is 0.508 e. The van der Waals surface area contributed by atoms with Gasteiger partial charge in [-0.15, -0.1) is 0 Å². The zero-order valence-corrected chi connectivity index (χ0v) is 9.33.